The second-order valence-corrected chi connectivity index (χ2v) is 3.39. The van der Waals surface area contributed by atoms with Crippen LogP contribution < -0.4 is 0 Å². The zero-order valence-electron chi connectivity index (χ0n) is 7.75. The molecular formula is C10H5ClF3NO. The molecule has 0 bridgehead atoms. The van der Waals surface area contributed by atoms with E-state index in [1.54, 1.807) is 0 Å². The maximum atomic E-state index is 12.4. The van der Waals surface area contributed by atoms with E-state index < -0.39 is 11.7 Å². The summed E-state index contributed by atoms with van der Waals surface area (Å²) in [5.74, 6) is 0. The zero-order chi connectivity index (χ0) is 11.8. The molecule has 0 radical (unpaired) electrons. The monoisotopic (exact) mass is 247 g/mol. The molecule has 0 N–H and O–H groups in total. The summed E-state index contributed by atoms with van der Waals surface area (Å²) in [7, 11) is 0. The smallest absolute Gasteiger partial charge is 0.416 e. The Labute approximate surface area is 93.7 Å². The lowest BCUT2D eigenvalue weighted by molar-refractivity contribution is -0.137. The van der Waals surface area contributed by atoms with Crippen molar-refractivity contribution in [3.8, 4) is 11.3 Å². The van der Waals surface area contributed by atoms with Crippen LogP contribution in [0.25, 0.3) is 11.3 Å². The standard InChI is InChI=1S/C10H5ClF3NO/c11-9-15-8(5-16-9)6-2-1-3-7(4-6)10(12,13)14/h1-5H. The van der Waals surface area contributed by atoms with E-state index in [0.717, 1.165) is 12.1 Å². The molecule has 1 heterocycles. The van der Waals surface area contributed by atoms with Crippen molar-refractivity contribution in [2.45, 2.75) is 6.18 Å². The lowest BCUT2D eigenvalue weighted by Gasteiger charge is -2.06. The van der Waals surface area contributed by atoms with Crippen molar-refractivity contribution in [2.24, 2.45) is 0 Å². The van der Waals surface area contributed by atoms with E-state index in [1.165, 1.54) is 18.4 Å². The molecule has 0 aliphatic heterocycles. The minimum atomic E-state index is -4.37. The van der Waals surface area contributed by atoms with Crippen LogP contribution in [0, 0.1) is 0 Å². The predicted molar refractivity (Wildman–Crippen MR) is 52.0 cm³/mol. The maximum Gasteiger partial charge on any atom is 0.416 e. The van der Waals surface area contributed by atoms with Gasteiger partial charge in [0.1, 0.15) is 12.0 Å². The van der Waals surface area contributed by atoms with Gasteiger partial charge in [0.05, 0.1) is 5.56 Å². The molecule has 84 valence electrons. The van der Waals surface area contributed by atoms with Crippen LogP contribution >= 0.6 is 11.6 Å². The highest BCUT2D eigenvalue weighted by atomic mass is 35.5. The normalized spacial score (nSPS) is 11.8. The summed E-state index contributed by atoms with van der Waals surface area (Å²) in [5, 5.41) is -0.104. The van der Waals surface area contributed by atoms with Crippen molar-refractivity contribution < 1.29 is 17.6 Å². The first-order valence-corrected chi connectivity index (χ1v) is 4.63. The number of oxazole rings is 1. The van der Waals surface area contributed by atoms with Crippen LogP contribution in [0.15, 0.2) is 34.9 Å². The Balaban J connectivity index is 2.44. The lowest BCUT2D eigenvalue weighted by Crippen LogP contribution is -2.04. The SMILES string of the molecule is FC(F)(F)c1cccc(-c2coc(Cl)n2)c1. The molecule has 0 aliphatic carbocycles. The number of alkyl halides is 3. The Morgan fingerprint density at radius 1 is 1.25 bits per heavy atom. The molecule has 1 aromatic heterocycles. The van der Waals surface area contributed by atoms with E-state index in [4.69, 9.17) is 16.0 Å². The lowest BCUT2D eigenvalue weighted by atomic mass is 10.1. The second kappa shape index (κ2) is 3.83. The van der Waals surface area contributed by atoms with Gasteiger partial charge in [0, 0.05) is 5.56 Å². The molecule has 0 spiro atoms. The fraction of sp³-hybridized carbons (Fsp3) is 0.100. The molecule has 0 aliphatic rings. The minimum absolute atomic E-state index is 0.104. The summed E-state index contributed by atoms with van der Waals surface area (Å²) in [5.41, 5.74) is -0.148. The Morgan fingerprint density at radius 3 is 2.56 bits per heavy atom. The highest BCUT2D eigenvalue weighted by Crippen LogP contribution is 2.32. The van der Waals surface area contributed by atoms with Crippen LogP contribution in [0.4, 0.5) is 13.2 Å². The molecule has 0 saturated heterocycles. The predicted octanol–water partition coefficient (Wildman–Crippen LogP) is 4.01. The van der Waals surface area contributed by atoms with E-state index in [2.05, 4.69) is 4.98 Å². The van der Waals surface area contributed by atoms with E-state index >= 15 is 0 Å². The third-order valence-electron chi connectivity index (χ3n) is 1.96. The van der Waals surface area contributed by atoms with Gasteiger partial charge in [-0.15, -0.1) is 0 Å². The van der Waals surface area contributed by atoms with Gasteiger partial charge in [-0.05, 0) is 23.7 Å². The van der Waals surface area contributed by atoms with Gasteiger partial charge >= 0.3 is 6.18 Å². The molecule has 0 fully saturated rings. The Kier molecular flexibility index (Phi) is 2.63. The van der Waals surface area contributed by atoms with E-state index in [0.29, 0.717) is 5.56 Å². The number of hydrogen-bond donors (Lipinski definition) is 0. The Hall–Kier alpha value is -1.49. The maximum absolute atomic E-state index is 12.4. The molecule has 2 nitrogen and oxygen atoms in total. The van der Waals surface area contributed by atoms with E-state index in [1.807, 2.05) is 0 Å². The van der Waals surface area contributed by atoms with Gasteiger partial charge in [0.15, 0.2) is 0 Å². The van der Waals surface area contributed by atoms with Gasteiger partial charge in [-0.2, -0.15) is 18.2 Å². The molecule has 0 amide bonds. The minimum Gasteiger partial charge on any atom is -0.436 e. The third kappa shape index (κ3) is 2.19. The molecule has 2 rings (SSSR count). The van der Waals surface area contributed by atoms with Gasteiger partial charge in [-0.25, -0.2) is 0 Å². The van der Waals surface area contributed by atoms with Gasteiger partial charge in [0.2, 0.25) is 0 Å². The summed E-state index contributed by atoms with van der Waals surface area (Å²) in [6.07, 6.45) is -3.17. The number of halogens is 4. The summed E-state index contributed by atoms with van der Waals surface area (Å²) in [6.45, 7) is 0. The highest BCUT2D eigenvalue weighted by Gasteiger charge is 2.30. The van der Waals surface area contributed by atoms with Crippen molar-refractivity contribution in [1.82, 2.24) is 4.98 Å². The van der Waals surface area contributed by atoms with Crippen LogP contribution in [0.3, 0.4) is 0 Å². The van der Waals surface area contributed by atoms with Gasteiger partial charge in [0.25, 0.3) is 5.35 Å². The highest BCUT2D eigenvalue weighted by molar-refractivity contribution is 6.27. The van der Waals surface area contributed by atoms with Crippen LogP contribution in [-0.2, 0) is 6.18 Å². The van der Waals surface area contributed by atoms with Crippen molar-refractivity contribution in [1.29, 1.82) is 0 Å². The summed E-state index contributed by atoms with van der Waals surface area (Å²) in [6, 6.07) is 4.80. The fourth-order valence-corrected chi connectivity index (χ4v) is 1.37. The van der Waals surface area contributed by atoms with Gasteiger partial charge in [-0.3, -0.25) is 0 Å². The van der Waals surface area contributed by atoms with Crippen LogP contribution in [0.1, 0.15) is 5.56 Å². The third-order valence-corrected chi connectivity index (χ3v) is 2.14. The number of rotatable bonds is 1. The number of aromatic nitrogens is 1. The Morgan fingerprint density at radius 2 is 2.00 bits per heavy atom. The molecule has 6 heteroatoms. The fourth-order valence-electron chi connectivity index (χ4n) is 1.24. The summed E-state index contributed by atoms with van der Waals surface area (Å²) >= 11 is 5.44. The summed E-state index contributed by atoms with van der Waals surface area (Å²) in [4.78, 5) is 3.74. The van der Waals surface area contributed by atoms with Crippen molar-refractivity contribution in [3.63, 3.8) is 0 Å². The van der Waals surface area contributed by atoms with Crippen molar-refractivity contribution >= 4 is 11.6 Å². The summed E-state index contributed by atoms with van der Waals surface area (Å²) < 4.78 is 42.0. The number of nitrogens with zero attached hydrogens (tertiary/aromatic N) is 1. The van der Waals surface area contributed by atoms with E-state index in [9.17, 15) is 13.2 Å². The van der Waals surface area contributed by atoms with E-state index in [-0.39, 0.29) is 11.0 Å². The molecular weight excluding hydrogens is 243 g/mol. The molecule has 2 aromatic rings. The zero-order valence-corrected chi connectivity index (χ0v) is 8.51. The number of hydrogen-bond acceptors (Lipinski definition) is 2. The Bertz CT molecular complexity index is 507. The molecule has 0 saturated carbocycles. The van der Waals surface area contributed by atoms with Crippen molar-refractivity contribution in [2.75, 3.05) is 0 Å². The molecule has 0 unspecified atom stereocenters. The van der Waals surface area contributed by atoms with Crippen LogP contribution in [0.2, 0.25) is 5.35 Å². The van der Waals surface area contributed by atoms with Crippen molar-refractivity contribution in [3.05, 3.63) is 41.4 Å². The van der Waals surface area contributed by atoms with Crippen LogP contribution in [0.5, 0.6) is 0 Å². The quantitative estimate of drug-likeness (QED) is 0.761. The first-order chi connectivity index (χ1) is 7.47. The average molecular weight is 248 g/mol. The first kappa shape index (κ1) is 11.0. The van der Waals surface area contributed by atoms with Crippen LogP contribution in [-0.4, -0.2) is 4.98 Å². The largest absolute Gasteiger partial charge is 0.436 e. The van der Waals surface area contributed by atoms with Gasteiger partial charge < -0.3 is 4.42 Å². The molecule has 1 aromatic carbocycles. The topological polar surface area (TPSA) is 26.0 Å². The second-order valence-electron chi connectivity index (χ2n) is 3.06. The molecule has 0 atom stereocenters. The molecule has 16 heavy (non-hydrogen) atoms. The average Bonchev–Trinajstić information content (AvgIpc) is 2.64. The first-order valence-electron chi connectivity index (χ1n) is 4.25. The van der Waals surface area contributed by atoms with Gasteiger partial charge in [-0.1, -0.05) is 12.1 Å². The number of benzene rings is 1.